The number of aryl methyl sites for hydroxylation is 1. The van der Waals surface area contributed by atoms with E-state index in [0.717, 1.165) is 22.4 Å². The van der Waals surface area contributed by atoms with E-state index >= 15 is 0 Å². The van der Waals surface area contributed by atoms with Gasteiger partial charge in [0.2, 0.25) is 0 Å². The van der Waals surface area contributed by atoms with Crippen LogP contribution < -0.4 is 0 Å². The first-order chi connectivity index (χ1) is 17.1. The molecule has 0 amide bonds. The number of benzene rings is 2. The van der Waals surface area contributed by atoms with Crippen LogP contribution in [0.15, 0.2) is 48.8 Å². The molecule has 5 aromatic rings. The summed E-state index contributed by atoms with van der Waals surface area (Å²) in [5.41, 5.74) is 8.84. The van der Waals surface area contributed by atoms with E-state index in [1.165, 1.54) is 61.7 Å². The zero-order valence-electron chi connectivity index (χ0n) is 22.3. The molecule has 4 heteroatoms. The fraction of sp³-hybridized carbons (Fsp3) is 0.406. The number of rotatable bonds is 2. The van der Waals surface area contributed by atoms with E-state index in [0.29, 0.717) is 11.3 Å². The van der Waals surface area contributed by atoms with Gasteiger partial charge >= 0.3 is 221 Å². The molecule has 0 N–H and O–H groups in total. The van der Waals surface area contributed by atoms with E-state index in [-0.39, 0.29) is 19.9 Å². The maximum atomic E-state index is 4.92. The third-order valence-electron chi connectivity index (χ3n) is 8.10. The van der Waals surface area contributed by atoms with Crippen molar-refractivity contribution in [3.8, 4) is 11.3 Å². The van der Waals surface area contributed by atoms with E-state index in [1.54, 1.807) is 6.33 Å². The van der Waals surface area contributed by atoms with Gasteiger partial charge in [0.1, 0.15) is 0 Å². The number of aromatic nitrogens is 3. The first-order valence-electron chi connectivity index (χ1n) is 13.2. The average Bonchev–Trinajstić information content (AvgIpc) is 3.20. The second-order valence-corrected chi connectivity index (χ2v) is 14.7. The monoisotopic (exact) mass is 541 g/mol. The van der Waals surface area contributed by atoms with Crippen LogP contribution in [0, 0.1) is 12.3 Å². The second-order valence-electron chi connectivity index (χ2n) is 12.5. The van der Waals surface area contributed by atoms with Gasteiger partial charge in [-0.05, 0) is 0 Å². The van der Waals surface area contributed by atoms with E-state index in [9.17, 15) is 0 Å². The molecule has 0 saturated heterocycles. The summed E-state index contributed by atoms with van der Waals surface area (Å²) in [7, 11) is 0. The normalized spacial score (nSPS) is 16.8. The van der Waals surface area contributed by atoms with Crippen molar-refractivity contribution in [3.05, 3.63) is 65.6 Å². The van der Waals surface area contributed by atoms with Crippen LogP contribution in [0.25, 0.3) is 41.6 Å². The summed E-state index contributed by atoms with van der Waals surface area (Å²) in [5, 5.41) is 2.49. The maximum absolute atomic E-state index is 4.92. The van der Waals surface area contributed by atoms with Gasteiger partial charge in [0.25, 0.3) is 0 Å². The Labute approximate surface area is 220 Å². The van der Waals surface area contributed by atoms with Gasteiger partial charge in [-0.3, -0.25) is 0 Å². The number of fused-ring (bicyclic) bond motifs is 4. The zero-order chi connectivity index (χ0) is 25.2. The summed E-state index contributed by atoms with van der Waals surface area (Å²) in [6.45, 7) is 13.7. The molecule has 1 fully saturated rings. The van der Waals surface area contributed by atoms with Crippen molar-refractivity contribution in [1.82, 2.24) is 15.0 Å². The van der Waals surface area contributed by atoms with E-state index in [4.69, 9.17) is 15.0 Å². The van der Waals surface area contributed by atoms with Crippen molar-refractivity contribution in [3.63, 3.8) is 0 Å². The van der Waals surface area contributed by atoms with Crippen LogP contribution in [-0.2, 0) is 5.41 Å². The molecule has 1 saturated carbocycles. The minimum atomic E-state index is -0.0111. The van der Waals surface area contributed by atoms with Gasteiger partial charge in [-0.25, -0.2) is 0 Å². The van der Waals surface area contributed by atoms with Gasteiger partial charge in [0.15, 0.2) is 0 Å². The molecule has 0 atom stereocenters. The summed E-state index contributed by atoms with van der Waals surface area (Å²) >= 11 is 0.202. The van der Waals surface area contributed by atoms with Crippen LogP contribution in [0.1, 0.15) is 83.0 Å². The Bertz CT molecular complexity index is 1610. The van der Waals surface area contributed by atoms with Crippen LogP contribution in [0.2, 0.25) is 0 Å². The number of pyridine rings is 1. The summed E-state index contributed by atoms with van der Waals surface area (Å²) in [6, 6.07) is 16.1. The topological polar surface area (TPSA) is 38.7 Å². The van der Waals surface area contributed by atoms with Crippen LogP contribution in [0.5, 0.6) is 0 Å². The molecular weight excluding hydrogens is 505 g/mol. The summed E-state index contributed by atoms with van der Waals surface area (Å²) in [4.78, 5) is 14.6. The molecule has 3 heterocycles. The Morgan fingerprint density at radius 3 is 2.44 bits per heavy atom. The molecule has 0 bridgehead atoms. The minimum absolute atomic E-state index is 0.0111. The van der Waals surface area contributed by atoms with Crippen LogP contribution in [0.4, 0.5) is 0 Å². The summed E-state index contributed by atoms with van der Waals surface area (Å²) < 4.78 is 2.79. The Morgan fingerprint density at radius 1 is 0.917 bits per heavy atom. The van der Waals surface area contributed by atoms with Crippen LogP contribution in [-0.4, -0.2) is 29.5 Å². The molecule has 36 heavy (non-hydrogen) atoms. The molecule has 2 aromatic carbocycles. The summed E-state index contributed by atoms with van der Waals surface area (Å²) in [5.74, 6) is 0.694. The molecule has 0 spiro atoms. The predicted molar refractivity (Wildman–Crippen MR) is 153 cm³/mol. The predicted octanol–water partition coefficient (Wildman–Crippen LogP) is 8.34. The molecule has 3 aromatic heterocycles. The molecule has 0 aliphatic heterocycles. The molecule has 0 radical (unpaired) electrons. The molecule has 184 valence electrons. The molecule has 1 aliphatic rings. The molecule has 6 rings (SSSR count). The van der Waals surface area contributed by atoms with Crippen molar-refractivity contribution < 1.29 is 0 Å². The molecule has 3 nitrogen and oxygen atoms in total. The van der Waals surface area contributed by atoms with Gasteiger partial charge in [0, 0.05) is 0 Å². The molecule has 0 unspecified atom stereocenters. The van der Waals surface area contributed by atoms with Gasteiger partial charge in [-0.1, -0.05) is 0 Å². The Balaban J connectivity index is 1.50. The van der Waals surface area contributed by atoms with Crippen molar-refractivity contribution in [2.75, 3.05) is 0 Å². The van der Waals surface area contributed by atoms with Crippen molar-refractivity contribution >= 4 is 44.8 Å². The fourth-order valence-electron chi connectivity index (χ4n) is 5.82. The first-order valence-corrected chi connectivity index (χ1v) is 14.9. The van der Waals surface area contributed by atoms with Crippen molar-refractivity contribution in [1.29, 1.82) is 0 Å². The fourth-order valence-corrected chi connectivity index (χ4v) is 8.38. The van der Waals surface area contributed by atoms with Crippen molar-refractivity contribution in [2.24, 2.45) is 5.41 Å². The average molecular weight is 541 g/mol. The Hall–Kier alpha value is -2.55. The summed E-state index contributed by atoms with van der Waals surface area (Å²) in [6.07, 6.45) is 7.00. The van der Waals surface area contributed by atoms with E-state index in [1.807, 2.05) is 0 Å². The SMILES string of the molecule is Cc1ccc2cc(-c3ncnc4c3[se]c3cc(C5CCC(C)(C)CC5)ccc34)cc(C(C)(C)C)c2n1. The van der Waals surface area contributed by atoms with Crippen LogP contribution in [0.3, 0.4) is 0 Å². The third kappa shape index (κ3) is 4.19. The third-order valence-corrected chi connectivity index (χ3v) is 10.5. The number of hydrogen-bond donors (Lipinski definition) is 0. The van der Waals surface area contributed by atoms with Gasteiger partial charge < -0.3 is 0 Å². The van der Waals surface area contributed by atoms with Gasteiger partial charge in [0.05, 0.1) is 0 Å². The van der Waals surface area contributed by atoms with E-state index in [2.05, 4.69) is 84.0 Å². The second kappa shape index (κ2) is 8.50. The zero-order valence-corrected chi connectivity index (χ0v) is 24.0. The first kappa shape index (κ1) is 23.8. The number of hydrogen-bond acceptors (Lipinski definition) is 3. The quantitative estimate of drug-likeness (QED) is 0.211. The molecule has 1 aliphatic carbocycles. The van der Waals surface area contributed by atoms with E-state index < -0.39 is 0 Å². The standard InChI is InChI=1S/C32H35N3Se/c1-19-7-8-22-15-23(16-25(27(22)35-19)31(2,3)4)28-30-29(34-18-33-28)24-10-9-21(17-26(24)36-30)20-11-13-32(5,6)14-12-20/h7-10,15-18,20H,11-14H2,1-6H3. The Morgan fingerprint density at radius 2 is 1.69 bits per heavy atom. The van der Waals surface area contributed by atoms with Gasteiger partial charge in [-0.15, -0.1) is 0 Å². The Kier molecular flexibility index (Phi) is 5.62. The van der Waals surface area contributed by atoms with Gasteiger partial charge in [-0.2, -0.15) is 0 Å². The van der Waals surface area contributed by atoms with Crippen molar-refractivity contribution in [2.45, 2.75) is 78.6 Å². The number of nitrogens with zero attached hydrogens (tertiary/aromatic N) is 3. The van der Waals surface area contributed by atoms with Crippen LogP contribution >= 0.6 is 0 Å². The molecular formula is C32H35N3Se.